The lowest BCUT2D eigenvalue weighted by atomic mass is 9.95. The van der Waals surface area contributed by atoms with Crippen LogP contribution in [0, 0.1) is 0 Å². The Morgan fingerprint density at radius 3 is 2.87 bits per heavy atom. The maximum absolute atomic E-state index is 3.61. The molecule has 0 aliphatic carbocycles. The highest BCUT2D eigenvalue weighted by molar-refractivity contribution is 5.36. The molecule has 0 saturated carbocycles. The van der Waals surface area contributed by atoms with E-state index in [1.807, 2.05) is 0 Å². The molecule has 1 aromatic carbocycles. The molecule has 1 saturated heterocycles. The van der Waals surface area contributed by atoms with Crippen LogP contribution in [0.2, 0.25) is 0 Å². The van der Waals surface area contributed by atoms with E-state index in [2.05, 4.69) is 28.8 Å². The van der Waals surface area contributed by atoms with Gasteiger partial charge in [0.2, 0.25) is 0 Å². The summed E-state index contributed by atoms with van der Waals surface area (Å²) in [5, 5.41) is 7.00. The van der Waals surface area contributed by atoms with Gasteiger partial charge in [-0.2, -0.15) is 0 Å². The van der Waals surface area contributed by atoms with E-state index >= 15 is 0 Å². The van der Waals surface area contributed by atoms with Crippen molar-refractivity contribution in [2.24, 2.45) is 0 Å². The molecule has 2 heterocycles. The lowest BCUT2D eigenvalue weighted by molar-refractivity contribution is 0.412. The highest BCUT2D eigenvalue weighted by atomic mass is 14.9. The molecule has 3 rings (SSSR count). The fourth-order valence-corrected chi connectivity index (χ4v) is 2.67. The number of fused-ring (bicyclic) bond motifs is 1. The van der Waals surface area contributed by atoms with Crippen LogP contribution in [0.5, 0.6) is 0 Å². The molecule has 1 aromatic rings. The number of nitrogens with one attached hydrogen (secondary N) is 2. The zero-order valence-corrected chi connectivity index (χ0v) is 9.05. The molecule has 1 atom stereocenters. The van der Waals surface area contributed by atoms with Crippen molar-refractivity contribution in [1.82, 2.24) is 10.6 Å². The molecule has 80 valence electrons. The molecule has 2 nitrogen and oxygen atoms in total. The minimum Gasteiger partial charge on any atom is -0.310 e. The van der Waals surface area contributed by atoms with Crippen LogP contribution in [0.1, 0.15) is 42.0 Å². The predicted molar refractivity (Wildman–Crippen MR) is 61.6 cm³/mol. The third-order valence-electron chi connectivity index (χ3n) is 3.57. The van der Waals surface area contributed by atoms with Crippen LogP contribution >= 0.6 is 0 Å². The molecular weight excluding hydrogens is 184 g/mol. The van der Waals surface area contributed by atoms with Gasteiger partial charge in [-0.15, -0.1) is 0 Å². The predicted octanol–water partition coefficient (Wildman–Crippen LogP) is 2.10. The van der Waals surface area contributed by atoms with Gasteiger partial charge in [0.1, 0.15) is 0 Å². The summed E-state index contributed by atoms with van der Waals surface area (Å²) in [6.07, 6.45) is 4.00. The minimum atomic E-state index is 0.602. The summed E-state index contributed by atoms with van der Waals surface area (Å²) >= 11 is 0. The average molecular weight is 202 g/mol. The molecular formula is C13H18N2. The Morgan fingerprint density at radius 1 is 1.07 bits per heavy atom. The normalized spacial score (nSPS) is 25.2. The zero-order chi connectivity index (χ0) is 10.1. The molecule has 2 aliphatic rings. The van der Waals surface area contributed by atoms with Crippen LogP contribution in [-0.2, 0) is 13.1 Å². The van der Waals surface area contributed by atoms with E-state index in [-0.39, 0.29) is 0 Å². The number of benzene rings is 1. The van der Waals surface area contributed by atoms with Crippen molar-refractivity contribution in [3.05, 3.63) is 34.9 Å². The fraction of sp³-hybridized carbons (Fsp3) is 0.538. The van der Waals surface area contributed by atoms with Gasteiger partial charge < -0.3 is 10.6 Å². The largest absolute Gasteiger partial charge is 0.310 e. The highest BCUT2D eigenvalue weighted by Crippen LogP contribution is 2.26. The molecule has 0 spiro atoms. The summed E-state index contributed by atoms with van der Waals surface area (Å²) in [6.45, 7) is 3.28. The van der Waals surface area contributed by atoms with Gasteiger partial charge in [0.15, 0.2) is 0 Å². The zero-order valence-electron chi connectivity index (χ0n) is 9.05. The van der Waals surface area contributed by atoms with Gasteiger partial charge in [-0.05, 0) is 36.1 Å². The molecule has 0 radical (unpaired) electrons. The number of rotatable bonds is 1. The quantitative estimate of drug-likeness (QED) is 0.729. The van der Waals surface area contributed by atoms with Crippen LogP contribution < -0.4 is 10.6 Å². The van der Waals surface area contributed by atoms with Gasteiger partial charge in [-0.3, -0.25) is 0 Å². The van der Waals surface area contributed by atoms with Crippen LogP contribution in [0.15, 0.2) is 18.2 Å². The molecule has 0 amide bonds. The molecule has 0 aromatic heterocycles. The average Bonchev–Trinajstić information content (AvgIpc) is 2.77. The lowest BCUT2D eigenvalue weighted by Crippen LogP contribution is -2.26. The van der Waals surface area contributed by atoms with Gasteiger partial charge >= 0.3 is 0 Å². The second-order valence-corrected chi connectivity index (χ2v) is 4.63. The highest BCUT2D eigenvalue weighted by Gasteiger charge is 2.17. The van der Waals surface area contributed by atoms with E-state index in [4.69, 9.17) is 0 Å². The monoisotopic (exact) mass is 202 g/mol. The maximum Gasteiger partial charge on any atom is 0.0320 e. The van der Waals surface area contributed by atoms with Gasteiger partial charge in [-0.1, -0.05) is 24.6 Å². The van der Waals surface area contributed by atoms with Crippen molar-refractivity contribution in [2.45, 2.75) is 38.4 Å². The second-order valence-electron chi connectivity index (χ2n) is 4.63. The lowest BCUT2D eigenvalue weighted by Gasteiger charge is -2.24. The second kappa shape index (κ2) is 3.95. The molecule has 2 aliphatic heterocycles. The summed E-state index contributed by atoms with van der Waals surface area (Å²) in [5.74, 6) is 0. The summed E-state index contributed by atoms with van der Waals surface area (Å²) in [6, 6.07) is 7.58. The summed E-state index contributed by atoms with van der Waals surface area (Å²) < 4.78 is 0. The molecule has 15 heavy (non-hydrogen) atoms. The summed E-state index contributed by atoms with van der Waals surface area (Å²) in [4.78, 5) is 0. The van der Waals surface area contributed by atoms with Crippen LogP contribution in [-0.4, -0.2) is 6.54 Å². The number of hydrogen-bond donors (Lipinski definition) is 2. The van der Waals surface area contributed by atoms with Gasteiger partial charge in [0.25, 0.3) is 0 Å². The Labute approximate surface area is 91.1 Å². The van der Waals surface area contributed by atoms with Crippen LogP contribution in [0.3, 0.4) is 0 Å². The van der Waals surface area contributed by atoms with Crippen LogP contribution in [0.4, 0.5) is 0 Å². The van der Waals surface area contributed by atoms with E-state index in [1.165, 1.54) is 42.5 Å². The van der Waals surface area contributed by atoms with E-state index in [1.54, 1.807) is 0 Å². The first-order valence-corrected chi connectivity index (χ1v) is 5.99. The SMILES string of the molecule is c1cc2c(cc1C1CCCCN1)CNC2. The van der Waals surface area contributed by atoms with Gasteiger partial charge in [0, 0.05) is 19.1 Å². The third kappa shape index (κ3) is 1.80. The van der Waals surface area contributed by atoms with Crippen molar-refractivity contribution in [3.8, 4) is 0 Å². The van der Waals surface area contributed by atoms with Crippen molar-refractivity contribution in [1.29, 1.82) is 0 Å². The standard InChI is InChI=1S/C13H18N2/c1-2-6-15-13(3-1)10-4-5-11-8-14-9-12(11)7-10/h4-5,7,13-15H,1-3,6,8-9H2. The summed E-state index contributed by atoms with van der Waals surface area (Å²) in [7, 11) is 0. The Morgan fingerprint density at radius 2 is 2.00 bits per heavy atom. The minimum absolute atomic E-state index is 0.602. The first-order valence-electron chi connectivity index (χ1n) is 5.99. The molecule has 1 unspecified atom stereocenters. The van der Waals surface area contributed by atoms with Crippen LogP contribution in [0.25, 0.3) is 0 Å². The van der Waals surface area contributed by atoms with Crippen molar-refractivity contribution in [3.63, 3.8) is 0 Å². The smallest absolute Gasteiger partial charge is 0.0320 e. The van der Waals surface area contributed by atoms with E-state index < -0.39 is 0 Å². The molecule has 2 heteroatoms. The van der Waals surface area contributed by atoms with Crippen molar-refractivity contribution < 1.29 is 0 Å². The fourth-order valence-electron chi connectivity index (χ4n) is 2.67. The molecule has 2 N–H and O–H groups in total. The Balaban J connectivity index is 1.85. The number of piperidine rings is 1. The Bertz CT molecular complexity index is 354. The molecule has 1 fully saturated rings. The topological polar surface area (TPSA) is 24.1 Å². The Hall–Kier alpha value is -0.860. The summed E-state index contributed by atoms with van der Waals surface area (Å²) in [5.41, 5.74) is 4.46. The Kier molecular flexibility index (Phi) is 2.47. The van der Waals surface area contributed by atoms with E-state index in [0.717, 1.165) is 13.1 Å². The first kappa shape index (κ1) is 9.37. The van der Waals surface area contributed by atoms with Crippen molar-refractivity contribution >= 4 is 0 Å². The van der Waals surface area contributed by atoms with Crippen molar-refractivity contribution in [2.75, 3.05) is 6.54 Å². The maximum atomic E-state index is 3.61. The number of hydrogen-bond acceptors (Lipinski definition) is 2. The third-order valence-corrected chi connectivity index (χ3v) is 3.57. The van der Waals surface area contributed by atoms with Gasteiger partial charge in [0.05, 0.1) is 0 Å². The molecule has 0 bridgehead atoms. The first-order chi connectivity index (χ1) is 7.43. The van der Waals surface area contributed by atoms with Gasteiger partial charge in [-0.25, -0.2) is 0 Å². The van der Waals surface area contributed by atoms with E-state index in [0.29, 0.717) is 6.04 Å². The van der Waals surface area contributed by atoms with E-state index in [9.17, 15) is 0 Å².